The summed E-state index contributed by atoms with van der Waals surface area (Å²) in [4.78, 5) is 22.8. The average molecular weight is 311 g/mol. The summed E-state index contributed by atoms with van der Waals surface area (Å²) in [6.45, 7) is 1.92. The van der Waals surface area contributed by atoms with Crippen LogP contribution in [0.3, 0.4) is 0 Å². The zero-order chi connectivity index (χ0) is 16.4. The molecular weight excluding hydrogens is 298 g/mol. The average Bonchev–Trinajstić information content (AvgIpc) is 2.98. The van der Waals surface area contributed by atoms with Crippen molar-refractivity contribution in [3.8, 4) is 11.9 Å². The third kappa shape index (κ3) is 2.48. The minimum Gasteiger partial charge on any atom is -0.460 e. The highest BCUT2D eigenvalue weighted by Crippen LogP contribution is 2.40. The van der Waals surface area contributed by atoms with Crippen LogP contribution in [0.4, 0.5) is 0 Å². The summed E-state index contributed by atoms with van der Waals surface area (Å²) in [6, 6.07) is 5.57. The number of rotatable bonds is 3. The van der Waals surface area contributed by atoms with Crippen molar-refractivity contribution in [2.45, 2.75) is 12.8 Å². The zero-order valence-corrected chi connectivity index (χ0v) is 12.2. The van der Waals surface area contributed by atoms with Crippen molar-refractivity contribution in [2.75, 3.05) is 6.61 Å². The van der Waals surface area contributed by atoms with E-state index in [0.717, 1.165) is 5.56 Å². The Morgan fingerprint density at radius 2 is 2.26 bits per heavy atom. The Bertz CT molecular complexity index is 819. The van der Waals surface area contributed by atoms with E-state index in [1.54, 1.807) is 31.5 Å². The molecular formula is C15H13N5O3. The van der Waals surface area contributed by atoms with E-state index in [9.17, 15) is 10.1 Å². The molecule has 2 aromatic rings. The van der Waals surface area contributed by atoms with Crippen LogP contribution in [0.2, 0.25) is 0 Å². The van der Waals surface area contributed by atoms with Crippen molar-refractivity contribution in [3.05, 3.63) is 53.1 Å². The highest BCUT2D eigenvalue weighted by Gasteiger charge is 2.34. The Labute approximate surface area is 131 Å². The van der Waals surface area contributed by atoms with E-state index >= 15 is 0 Å². The number of allylic oxidation sites excluding steroid dienone is 1. The topological polar surface area (TPSA) is 127 Å². The summed E-state index contributed by atoms with van der Waals surface area (Å²) in [5.41, 5.74) is 7.32. The summed E-state index contributed by atoms with van der Waals surface area (Å²) in [5, 5.41) is 9.41. The van der Waals surface area contributed by atoms with Crippen LogP contribution in [0, 0.1) is 11.3 Å². The number of H-pyrrole nitrogens is 1. The lowest BCUT2D eigenvalue weighted by molar-refractivity contribution is 0.0512. The summed E-state index contributed by atoms with van der Waals surface area (Å²) in [6.07, 6.45) is 3.22. The first-order valence-corrected chi connectivity index (χ1v) is 6.90. The molecule has 1 aliphatic heterocycles. The highest BCUT2D eigenvalue weighted by molar-refractivity contribution is 5.85. The van der Waals surface area contributed by atoms with Gasteiger partial charge in [-0.1, -0.05) is 0 Å². The van der Waals surface area contributed by atoms with Crippen molar-refractivity contribution in [3.63, 3.8) is 0 Å². The van der Waals surface area contributed by atoms with Gasteiger partial charge in [-0.3, -0.25) is 4.98 Å². The standard InChI is InChI=1S/C15H13N5O3/c1-2-22-15(21)13-19-11-10(8-3-5-18-6-4-8)9(7-16)12(17)23-14(11)20-13/h3-6,10H,2,17H2,1H3,(H,19,20). The van der Waals surface area contributed by atoms with E-state index in [-0.39, 0.29) is 29.8 Å². The minimum atomic E-state index is -0.601. The maximum Gasteiger partial charge on any atom is 0.374 e. The maximum absolute atomic E-state index is 11.8. The van der Waals surface area contributed by atoms with Crippen molar-refractivity contribution < 1.29 is 14.3 Å². The number of carbonyl (C=O) groups excluding carboxylic acids is 1. The molecule has 3 heterocycles. The number of hydrogen-bond acceptors (Lipinski definition) is 7. The molecule has 0 aromatic carbocycles. The van der Waals surface area contributed by atoms with Crippen molar-refractivity contribution in [1.82, 2.24) is 15.0 Å². The van der Waals surface area contributed by atoms with Crippen LogP contribution in [0.15, 0.2) is 36.0 Å². The number of pyridine rings is 1. The lowest BCUT2D eigenvalue weighted by Gasteiger charge is -2.22. The van der Waals surface area contributed by atoms with Crippen molar-refractivity contribution in [2.24, 2.45) is 5.73 Å². The largest absolute Gasteiger partial charge is 0.460 e. The number of carbonyl (C=O) groups is 1. The molecule has 0 radical (unpaired) electrons. The number of esters is 1. The van der Waals surface area contributed by atoms with Gasteiger partial charge in [0.25, 0.3) is 0 Å². The fourth-order valence-electron chi connectivity index (χ4n) is 2.39. The number of ether oxygens (including phenoxy) is 2. The molecule has 0 aliphatic carbocycles. The Hall–Kier alpha value is -3.34. The number of nitrogens with two attached hydrogens (primary N) is 1. The van der Waals surface area contributed by atoms with Gasteiger partial charge in [0.15, 0.2) is 0 Å². The molecule has 8 nitrogen and oxygen atoms in total. The second kappa shape index (κ2) is 5.81. The summed E-state index contributed by atoms with van der Waals surface area (Å²) in [7, 11) is 0. The van der Waals surface area contributed by atoms with Crippen LogP contribution in [-0.4, -0.2) is 27.5 Å². The van der Waals surface area contributed by atoms with Gasteiger partial charge in [-0.05, 0) is 24.6 Å². The lowest BCUT2D eigenvalue weighted by atomic mass is 9.88. The van der Waals surface area contributed by atoms with Gasteiger partial charge in [0.2, 0.25) is 17.6 Å². The number of hydrogen-bond donors (Lipinski definition) is 2. The van der Waals surface area contributed by atoms with E-state index in [0.29, 0.717) is 5.69 Å². The second-order valence-electron chi connectivity index (χ2n) is 4.73. The molecule has 116 valence electrons. The molecule has 0 spiro atoms. The molecule has 1 unspecified atom stereocenters. The Morgan fingerprint density at radius 1 is 1.52 bits per heavy atom. The molecule has 0 amide bonds. The van der Waals surface area contributed by atoms with Gasteiger partial charge in [0.1, 0.15) is 11.6 Å². The first-order valence-electron chi connectivity index (χ1n) is 6.90. The molecule has 0 saturated heterocycles. The summed E-state index contributed by atoms with van der Waals surface area (Å²) < 4.78 is 10.3. The molecule has 23 heavy (non-hydrogen) atoms. The van der Waals surface area contributed by atoms with Gasteiger partial charge in [-0.25, -0.2) is 4.79 Å². The number of imidazole rings is 1. The van der Waals surface area contributed by atoms with E-state index in [2.05, 4.69) is 21.0 Å². The minimum absolute atomic E-state index is 0.00268. The first kappa shape index (κ1) is 14.6. The van der Waals surface area contributed by atoms with E-state index in [1.807, 2.05) is 0 Å². The number of aromatic amines is 1. The number of aromatic nitrogens is 3. The van der Waals surface area contributed by atoms with Crippen LogP contribution >= 0.6 is 0 Å². The summed E-state index contributed by atoms with van der Waals surface area (Å²) >= 11 is 0. The van der Waals surface area contributed by atoms with Gasteiger partial charge in [0, 0.05) is 12.4 Å². The van der Waals surface area contributed by atoms with E-state index in [1.165, 1.54) is 0 Å². The van der Waals surface area contributed by atoms with Gasteiger partial charge in [0.05, 0.1) is 18.2 Å². The molecule has 0 bridgehead atoms. The van der Waals surface area contributed by atoms with Gasteiger partial charge in [-0.15, -0.1) is 0 Å². The normalized spacial score (nSPS) is 16.3. The summed E-state index contributed by atoms with van der Waals surface area (Å²) in [5.74, 6) is -0.989. The quantitative estimate of drug-likeness (QED) is 0.815. The highest BCUT2D eigenvalue weighted by atomic mass is 16.5. The van der Waals surface area contributed by atoms with Crippen molar-refractivity contribution >= 4 is 5.97 Å². The van der Waals surface area contributed by atoms with Crippen LogP contribution < -0.4 is 10.5 Å². The van der Waals surface area contributed by atoms with Gasteiger partial charge < -0.3 is 20.2 Å². The molecule has 8 heteroatoms. The maximum atomic E-state index is 11.8. The fourth-order valence-corrected chi connectivity index (χ4v) is 2.39. The number of nitrogens with one attached hydrogen (secondary N) is 1. The first-order chi connectivity index (χ1) is 11.2. The number of fused-ring (bicyclic) bond motifs is 1. The Morgan fingerprint density at radius 3 is 2.91 bits per heavy atom. The number of nitriles is 1. The van der Waals surface area contributed by atoms with Crippen LogP contribution in [0.25, 0.3) is 0 Å². The molecule has 0 fully saturated rings. The van der Waals surface area contributed by atoms with E-state index < -0.39 is 11.9 Å². The zero-order valence-electron chi connectivity index (χ0n) is 12.2. The van der Waals surface area contributed by atoms with Crippen LogP contribution in [0.5, 0.6) is 5.88 Å². The predicted octanol–water partition coefficient (Wildman–Crippen LogP) is 1.20. The smallest absolute Gasteiger partial charge is 0.374 e. The fraction of sp³-hybridized carbons (Fsp3) is 0.200. The second-order valence-corrected chi connectivity index (χ2v) is 4.73. The predicted molar refractivity (Wildman–Crippen MR) is 78.1 cm³/mol. The monoisotopic (exact) mass is 311 g/mol. The SMILES string of the molecule is CCOC(=O)c1nc2c([nH]1)C(c1ccncc1)C(C#N)=C(N)O2. The molecule has 1 atom stereocenters. The van der Waals surface area contributed by atoms with E-state index in [4.69, 9.17) is 15.2 Å². The molecule has 0 saturated carbocycles. The van der Waals surface area contributed by atoms with Crippen LogP contribution in [-0.2, 0) is 4.74 Å². The number of nitrogens with zero attached hydrogens (tertiary/aromatic N) is 3. The van der Waals surface area contributed by atoms with Gasteiger partial charge in [-0.2, -0.15) is 10.2 Å². The Balaban J connectivity index is 2.11. The third-order valence-electron chi connectivity index (χ3n) is 3.37. The molecule has 3 rings (SSSR count). The van der Waals surface area contributed by atoms with Crippen molar-refractivity contribution in [1.29, 1.82) is 5.26 Å². The van der Waals surface area contributed by atoms with Gasteiger partial charge >= 0.3 is 5.97 Å². The molecule has 2 aromatic heterocycles. The molecule has 3 N–H and O–H groups in total. The molecule has 1 aliphatic rings. The van der Waals surface area contributed by atoms with Crippen LogP contribution in [0.1, 0.15) is 34.7 Å². The Kier molecular flexibility index (Phi) is 3.68. The third-order valence-corrected chi connectivity index (χ3v) is 3.37. The lowest BCUT2D eigenvalue weighted by Crippen LogP contribution is -2.21.